The highest BCUT2D eigenvalue weighted by molar-refractivity contribution is 5.97. The van der Waals surface area contributed by atoms with Crippen LogP contribution in [-0.4, -0.2) is 42.9 Å². The van der Waals surface area contributed by atoms with Crippen molar-refractivity contribution >= 4 is 23.6 Å². The second-order valence-corrected chi connectivity index (χ2v) is 8.99. The molecule has 4 nitrogen and oxygen atoms in total. The molecule has 0 amide bonds. The van der Waals surface area contributed by atoms with Gasteiger partial charge in [-0.2, -0.15) is 0 Å². The maximum Gasteiger partial charge on any atom is 0.314 e. The van der Waals surface area contributed by atoms with E-state index >= 15 is 0 Å². The highest BCUT2D eigenvalue weighted by Crippen LogP contribution is 2.27. The second kappa shape index (κ2) is 10.4. The standard InChI is InChI=1S/C29H30NO3/c1-30(22-27(31)24-13-7-3-8-14-24)19-17-26(18-20-30)29(32)33-28(25-15-9-4-10-16-25)21-23-11-5-2-6-12-23/h2-16,21,26H,17-20,22H2,1H3/q+1/b28-21-. The number of quaternary nitrogens is 1. The molecule has 0 radical (unpaired) electrons. The number of hydrogen-bond donors (Lipinski definition) is 0. The van der Waals surface area contributed by atoms with Crippen LogP contribution in [0.1, 0.15) is 34.3 Å². The summed E-state index contributed by atoms with van der Waals surface area (Å²) >= 11 is 0. The van der Waals surface area contributed by atoms with Crippen LogP contribution in [0.15, 0.2) is 91.0 Å². The first-order valence-corrected chi connectivity index (χ1v) is 11.5. The van der Waals surface area contributed by atoms with Crippen LogP contribution in [-0.2, 0) is 9.53 Å². The molecule has 0 N–H and O–H groups in total. The van der Waals surface area contributed by atoms with E-state index in [0.717, 1.165) is 29.8 Å². The molecule has 0 spiro atoms. The van der Waals surface area contributed by atoms with Crippen LogP contribution >= 0.6 is 0 Å². The van der Waals surface area contributed by atoms with E-state index in [1.165, 1.54) is 0 Å². The van der Waals surface area contributed by atoms with Gasteiger partial charge in [0, 0.05) is 24.0 Å². The maximum absolute atomic E-state index is 13.1. The summed E-state index contributed by atoms with van der Waals surface area (Å²) in [5, 5.41) is 0. The van der Waals surface area contributed by atoms with Crippen molar-refractivity contribution in [2.24, 2.45) is 5.92 Å². The molecule has 3 aromatic carbocycles. The average Bonchev–Trinajstić information content (AvgIpc) is 2.85. The predicted octanol–water partition coefficient (Wildman–Crippen LogP) is 5.47. The Kier molecular flexibility index (Phi) is 7.16. The smallest absolute Gasteiger partial charge is 0.314 e. The van der Waals surface area contributed by atoms with E-state index in [0.29, 0.717) is 29.6 Å². The van der Waals surface area contributed by atoms with Crippen LogP contribution in [0.4, 0.5) is 0 Å². The number of carbonyl (C=O) groups is 2. The zero-order valence-corrected chi connectivity index (χ0v) is 19.0. The molecule has 0 bridgehead atoms. The minimum atomic E-state index is -0.193. The lowest BCUT2D eigenvalue weighted by Crippen LogP contribution is -2.53. The van der Waals surface area contributed by atoms with Crippen molar-refractivity contribution < 1.29 is 18.8 Å². The Bertz CT molecular complexity index is 1100. The van der Waals surface area contributed by atoms with Crippen LogP contribution in [0.5, 0.6) is 0 Å². The number of likely N-dealkylation sites (tertiary alicyclic amines) is 1. The molecule has 0 aromatic heterocycles. The Morgan fingerprint density at radius 2 is 1.33 bits per heavy atom. The largest absolute Gasteiger partial charge is 0.426 e. The van der Waals surface area contributed by atoms with Gasteiger partial charge in [0.1, 0.15) is 12.3 Å². The van der Waals surface area contributed by atoms with E-state index in [4.69, 9.17) is 4.74 Å². The number of Topliss-reactive ketones (excluding diaryl/α,β-unsaturated/α-hetero) is 1. The molecule has 0 aliphatic carbocycles. The van der Waals surface area contributed by atoms with Gasteiger partial charge in [0.15, 0.2) is 0 Å². The van der Waals surface area contributed by atoms with Crippen molar-refractivity contribution in [3.63, 3.8) is 0 Å². The van der Waals surface area contributed by atoms with Crippen LogP contribution in [0, 0.1) is 5.92 Å². The molecule has 0 atom stereocenters. The Labute approximate surface area is 195 Å². The molecule has 1 heterocycles. The van der Waals surface area contributed by atoms with Gasteiger partial charge in [-0.15, -0.1) is 0 Å². The fourth-order valence-electron chi connectivity index (χ4n) is 4.31. The number of likely N-dealkylation sites (N-methyl/N-ethyl adjacent to an activating group) is 1. The molecule has 33 heavy (non-hydrogen) atoms. The lowest BCUT2D eigenvalue weighted by molar-refractivity contribution is -0.906. The molecular weight excluding hydrogens is 410 g/mol. The second-order valence-electron chi connectivity index (χ2n) is 8.99. The van der Waals surface area contributed by atoms with Crippen molar-refractivity contribution in [3.8, 4) is 0 Å². The molecule has 4 heteroatoms. The lowest BCUT2D eigenvalue weighted by atomic mass is 9.94. The fourth-order valence-corrected chi connectivity index (χ4v) is 4.31. The van der Waals surface area contributed by atoms with E-state index in [1.807, 2.05) is 97.1 Å². The van der Waals surface area contributed by atoms with E-state index in [-0.39, 0.29) is 17.7 Å². The summed E-state index contributed by atoms with van der Waals surface area (Å²) in [7, 11) is 2.10. The van der Waals surface area contributed by atoms with Gasteiger partial charge in [-0.05, 0) is 11.6 Å². The summed E-state index contributed by atoms with van der Waals surface area (Å²) in [6.07, 6.45) is 3.34. The molecule has 1 fully saturated rings. The van der Waals surface area contributed by atoms with Crippen molar-refractivity contribution in [2.75, 3.05) is 26.7 Å². The third-order valence-electron chi connectivity index (χ3n) is 6.36. The fraction of sp³-hybridized carbons (Fsp3) is 0.241. The summed E-state index contributed by atoms with van der Waals surface area (Å²) < 4.78 is 6.60. The quantitative estimate of drug-likeness (QED) is 0.161. The number of esters is 1. The number of benzene rings is 3. The number of ether oxygens (including phenoxy) is 1. The Balaban J connectivity index is 1.41. The van der Waals surface area contributed by atoms with E-state index in [9.17, 15) is 9.59 Å². The molecular formula is C29H30NO3+. The normalized spacial score (nSPS) is 20.8. The first kappa shape index (κ1) is 22.7. The number of piperidine rings is 1. The zero-order chi connectivity index (χ0) is 23.1. The van der Waals surface area contributed by atoms with Gasteiger partial charge in [-0.25, -0.2) is 0 Å². The minimum absolute atomic E-state index is 0.149. The van der Waals surface area contributed by atoms with Crippen molar-refractivity contribution in [1.82, 2.24) is 0 Å². The van der Waals surface area contributed by atoms with Crippen molar-refractivity contribution in [3.05, 3.63) is 108 Å². The van der Waals surface area contributed by atoms with Gasteiger partial charge in [0.05, 0.1) is 26.1 Å². The Morgan fingerprint density at radius 3 is 1.91 bits per heavy atom. The summed E-state index contributed by atoms with van der Waals surface area (Å²) in [6, 6.07) is 29.0. The van der Waals surface area contributed by atoms with E-state index in [1.54, 1.807) is 0 Å². The Hall–Kier alpha value is -3.50. The number of rotatable bonds is 7. The van der Waals surface area contributed by atoms with Gasteiger partial charge in [-0.1, -0.05) is 91.0 Å². The van der Waals surface area contributed by atoms with Gasteiger partial charge < -0.3 is 9.22 Å². The molecule has 4 rings (SSSR count). The number of carbonyl (C=O) groups excluding carboxylic acids is 2. The van der Waals surface area contributed by atoms with Crippen molar-refractivity contribution in [1.29, 1.82) is 0 Å². The van der Waals surface area contributed by atoms with Gasteiger partial charge >= 0.3 is 5.97 Å². The van der Waals surface area contributed by atoms with Gasteiger partial charge in [0.25, 0.3) is 0 Å². The molecule has 1 saturated heterocycles. The van der Waals surface area contributed by atoms with Crippen molar-refractivity contribution in [2.45, 2.75) is 12.8 Å². The highest BCUT2D eigenvalue weighted by Gasteiger charge is 2.36. The molecule has 1 aliphatic rings. The van der Waals surface area contributed by atoms with Crippen LogP contribution in [0.2, 0.25) is 0 Å². The van der Waals surface area contributed by atoms with E-state index in [2.05, 4.69) is 7.05 Å². The summed E-state index contributed by atoms with van der Waals surface area (Å²) in [4.78, 5) is 25.8. The third-order valence-corrected chi connectivity index (χ3v) is 6.36. The van der Waals surface area contributed by atoms with E-state index < -0.39 is 0 Å². The summed E-state index contributed by atoms with van der Waals surface area (Å²) in [5.41, 5.74) is 2.60. The molecule has 0 unspecified atom stereocenters. The summed E-state index contributed by atoms with van der Waals surface area (Å²) in [6.45, 7) is 2.01. The summed E-state index contributed by atoms with van der Waals surface area (Å²) in [5.74, 6) is 0.359. The first-order chi connectivity index (χ1) is 16.0. The van der Waals surface area contributed by atoms with Crippen LogP contribution in [0.25, 0.3) is 11.8 Å². The Morgan fingerprint density at radius 1 is 0.818 bits per heavy atom. The number of hydrogen-bond acceptors (Lipinski definition) is 3. The molecule has 168 valence electrons. The zero-order valence-electron chi connectivity index (χ0n) is 19.0. The van der Waals surface area contributed by atoms with Gasteiger partial charge in [-0.3, -0.25) is 9.59 Å². The monoisotopic (exact) mass is 440 g/mol. The van der Waals surface area contributed by atoms with Gasteiger partial charge in [0.2, 0.25) is 5.78 Å². The first-order valence-electron chi connectivity index (χ1n) is 11.5. The van der Waals surface area contributed by atoms with Crippen LogP contribution in [0.3, 0.4) is 0 Å². The SMILES string of the molecule is C[N+]1(CC(=O)c2ccccc2)CCC(C(=O)O/C(=C\c2ccccc2)c2ccccc2)CC1. The lowest BCUT2D eigenvalue weighted by Gasteiger charge is -2.39. The topological polar surface area (TPSA) is 43.4 Å². The molecule has 0 saturated carbocycles. The molecule has 3 aromatic rings. The average molecular weight is 441 g/mol. The molecule has 1 aliphatic heterocycles. The third kappa shape index (κ3) is 6.05. The van der Waals surface area contributed by atoms with Crippen LogP contribution < -0.4 is 0 Å². The number of ketones is 1. The minimum Gasteiger partial charge on any atom is -0.426 e. The highest BCUT2D eigenvalue weighted by atomic mass is 16.5. The predicted molar refractivity (Wildman–Crippen MR) is 131 cm³/mol. The maximum atomic E-state index is 13.1. The number of nitrogens with zero attached hydrogens (tertiary/aromatic N) is 1.